The molecule has 6 aromatic carbocycles. The summed E-state index contributed by atoms with van der Waals surface area (Å²) in [6, 6.07) is 27.7. The van der Waals surface area contributed by atoms with E-state index < -0.39 is 22.4 Å². The van der Waals surface area contributed by atoms with Gasteiger partial charge in [0.15, 0.2) is 0 Å². The van der Waals surface area contributed by atoms with Crippen molar-refractivity contribution in [3.8, 4) is 5.75 Å². The Labute approximate surface area is 226 Å². The van der Waals surface area contributed by atoms with E-state index in [0.29, 0.717) is 10.6 Å². The molecular formula is C32H26O4S2. The molecule has 6 heteroatoms. The quantitative estimate of drug-likeness (QED) is 0.208. The fraction of sp³-hybridized carbons (Fsp3) is 0.125. The van der Waals surface area contributed by atoms with Crippen molar-refractivity contribution >= 4 is 65.5 Å². The average molecular weight is 539 g/mol. The molecule has 0 aliphatic carbocycles. The first-order valence-corrected chi connectivity index (χ1v) is 14.4. The molecule has 190 valence electrons. The second-order valence-electron chi connectivity index (χ2n) is 9.60. The fourth-order valence-corrected chi connectivity index (χ4v) is 7.00. The van der Waals surface area contributed by atoms with Crippen molar-refractivity contribution < 1.29 is 16.2 Å². The summed E-state index contributed by atoms with van der Waals surface area (Å²) in [5.74, 6) is 0.391. The van der Waals surface area contributed by atoms with Crippen molar-refractivity contribution in [2.75, 3.05) is 0 Å². The number of hydrogen-bond donors (Lipinski definition) is 0. The van der Waals surface area contributed by atoms with Crippen LogP contribution < -0.4 is 4.18 Å². The van der Waals surface area contributed by atoms with Gasteiger partial charge in [-0.15, -0.1) is 0 Å². The summed E-state index contributed by atoms with van der Waals surface area (Å²) < 4.78 is 36.6. The third-order valence-corrected chi connectivity index (χ3v) is 9.45. The van der Waals surface area contributed by atoms with Gasteiger partial charge in [-0.1, -0.05) is 60.7 Å². The van der Waals surface area contributed by atoms with E-state index in [-0.39, 0.29) is 0 Å². The SMILES string of the molecule is Cc1c2ccccc2c(C)c2cc(OS(=O)OS(=O)c3ccc4c(C)c5ccccc5c(C)c4c3)ccc12. The standard InChI is InChI=1S/C32H26O4S2/c1-19-25-9-5-7-11-27(25)21(3)31-17-23(13-15-29(19)31)35-38(34)36-37(33)24-14-16-30-20(2)26-10-6-8-12-28(26)22(4)32(30)18-24/h5-18H,1-4H3. The molecular weight excluding hydrogens is 512 g/mol. The lowest BCUT2D eigenvalue weighted by atomic mass is 9.93. The van der Waals surface area contributed by atoms with Gasteiger partial charge in [0.05, 0.1) is 4.90 Å². The molecule has 0 N–H and O–H groups in total. The van der Waals surface area contributed by atoms with Crippen LogP contribution in [0.15, 0.2) is 89.8 Å². The molecule has 0 aliphatic heterocycles. The first-order valence-electron chi connectivity index (χ1n) is 12.4. The third kappa shape index (κ3) is 4.09. The molecule has 0 saturated carbocycles. The van der Waals surface area contributed by atoms with Crippen LogP contribution in [0.4, 0.5) is 0 Å². The van der Waals surface area contributed by atoms with Gasteiger partial charge in [0.25, 0.3) is 0 Å². The van der Waals surface area contributed by atoms with Gasteiger partial charge in [0.2, 0.25) is 11.1 Å². The lowest BCUT2D eigenvalue weighted by Crippen LogP contribution is -2.08. The summed E-state index contributed by atoms with van der Waals surface area (Å²) >= 11 is -4.22. The van der Waals surface area contributed by atoms with Crippen molar-refractivity contribution in [3.63, 3.8) is 0 Å². The van der Waals surface area contributed by atoms with Gasteiger partial charge < -0.3 is 4.18 Å². The highest BCUT2D eigenvalue weighted by atomic mass is 32.3. The van der Waals surface area contributed by atoms with Gasteiger partial charge in [-0.2, -0.15) is 7.84 Å². The topological polar surface area (TPSA) is 52.6 Å². The van der Waals surface area contributed by atoms with Crippen LogP contribution in [0, 0.1) is 27.7 Å². The zero-order chi connectivity index (χ0) is 26.6. The summed E-state index contributed by atoms with van der Waals surface area (Å²) in [6.45, 7) is 8.33. The van der Waals surface area contributed by atoms with Crippen LogP contribution in [0.3, 0.4) is 0 Å². The molecule has 6 rings (SSSR count). The molecule has 4 nitrogen and oxygen atoms in total. The Hall–Kier alpha value is -3.58. The van der Waals surface area contributed by atoms with Crippen molar-refractivity contribution in [3.05, 3.63) is 107 Å². The maximum Gasteiger partial charge on any atom is 0.374 e. The molecule has 0 spiro atoms. The van der Waals surface area contributed by atoms with Crippen molar-refractivity contribution in [1.82, 2.24) is 0 Å². The van der Waals surface area contributed by atoms with Crippen molar-refractivity contribution in [2.24, 2.45) is 0 Å². The summed E-state index contributed by atoms with van der Waals surface area (Å²) in [5, 5.41) is 8.95. The smallest absolute Gasteiger partial charge is 0.374 e. The number of hydrogen-bond acceptors (Lipinski definition) is 4. The Kier molecular flexibility index (Phi) is 6.26. The minimum atomic E-state index is -2.25. The summed E-state index contributed by atoms with van der Waals surface area (Å²) in [7, 11) is 0. The van der Waals surface area contributed by atoms with Gasteiger partial charge in [-0.3, -0.25) is 0 Å². The van der Waals surface area contributed by atoms with E-state index in [1.807, 2.05) is 48.5 Å². The zero-order valence-electron chi connectivity index (χ0n) is 21.5. The molecule has 2 unspecified atom stereocenters. The normalized spacial score (nSPS) is 13.4. The van der Waals surface area contributed by atoms with Gasteiger partial charge in [-0.05, 0) is 117 Å². The molecule has 0 fully saturated rings. The Bertz CT molecular complexity index is 1960. The van der Waals surface area contributed by atoms with Crippen LogP contribution in [-0.4, -0.2) is 8.42 Å². The summed E-state index contributed by atoms with van der Waals surface area (Å²) in [6.07, 6.45) is 0. The second-order valence-corrected chi connectivity index (χ2v) is 11.7. The van der Waals surface area contributed by atoms with E-state index in [1.54, 1.807) is 12.1 Å². The Morgan fingerprint density at radius 2 is 0.921 bits per heavy atom. The van der Waals surface area contributed by atoms with E-state index in [9.17, 15) is 8.42 Å². The summed E-state index contributed by atoms with van der Waals surface area (Å²) in [4.78, 5) is 0.434. The molecule has 0 amide bonds. The lowest BCUT2D eigenvalue weighted by molar-refractivity contribution is 0.474. The molecule has 0 saturated heterocycles. The van der Waals surface area contributed by atoms with Crippen LogP contribution >= 0.6 is 0 Å². The summed E-state index contributed by atoms with van der Waals surface area (Å²) in [5.41, 5.74) is 4.57. The van der Waals surface area contributed by atoms with Gasteiger partial charge in [0, 0.05) is 0 Å². The van der Waals surface area contributed by atoms with E-state index in [4.69, 9.17) is 7.81 Å². The molecule has 0 heterocycles. The molecule has 6 aromatic rings. The number of rotatable bonds is 5. The highest BCUT2D eigenvalue weighted by Gasteiger charge is 2.16. The maximum absolute atomic E-state index is 13.0. The zero-order valence-corrected chi connectivity index (χ0v) is 23.2. The monoisotopic (exact) mass is 538 g/mol. The Morgan fingerprint density at radius 1 is 0.500 bits per heavy atom. The van der Waals surface area contributed by atoms with E-state index in [2.05, 4.69) is 52.0 Å². The van der Waals surface area contributed by atoms with Gasteiger partial charge in [-0.25, -0.2) is 4.21 Å². The van der Waals surface area contributed by atoms with Crippen LogP contribution in [0.25, 0.3) is 43.1 Å². The molecule has 0 aliphatic rings. The molecule has 0 aromatic heterocycles. The van der Waals surface area contributed by atoms with Crippen LogP contribution in [0.5, 0.6) is 5.75 Å². The lowest BCUT2D eigenvalue weighted by Gasteiger charge is -2.14. The van der Waals surface area contributed by atoms with Gasteiger partial charge in [0.1, 0.15) is 5.75 Å². The third-order valence-electron chi connectivity index (χ3n) is 7.54. The Balaban J connectivity index is 1.28. The number of fused-ring (bicyclic) bond motifs is 4. The Morgan fingerprint density at radius 3 is 1.45 bits per heavy atom. The maximum atomic E-state index is 13.0. The van der Waals surface area contributed by atoms with Crippen molar-refractivity contribution in [1.29, 1.82) is 0 Å². The van der Waals surface area contributed by atoms with E-state index >= 15 is 0 Å². The molecule has 38 heavy (non-hydrogen) atoms. The number of benzene rings is 6. The predicted molar refractivity (Wildman–Crippen MR) is 158 cm³/mol. The highest BCUT2D eigenvalue weighted by molar-refractivity contribution is 7.91. The fourth-order valence-electron chi connectivity index (χ4n) is 5.51. The molecule has 0 radical (unpaired) electrons. The van der Waals surface area contributed by atoms with Crippen LogP contribution in [0.1, 0.15) is 22.3 Å². The minimum absolute atomic E-state index is 0.391. The average Bonchev–Trinajstić information content (AvgIpc) is 2.94. The van der Waals surface area contributed by atoms with Crippen LogP contribution in [-0.2, 0) is 26.1 Å². The van der Waals surface area contributed by atoms with E-state index in [0.717, 1.165) is 38.1 Å². The van der Waals surface area contributed by atoms with Gasteiger partial charge >= 0.3 is 11.4 Å². The molecule has 0 bridgehead atoms. The largest absolute Gasteiger partial charge is 0.379 e. The highest BCUT2D eigenvalue weighted by Crippen LogP contribution is 2.35. The van der Waals surface area contributed by atoms with Crippen LogP contribution in [0.2, 0.25) is 0 Å². The second kappa shape index (κ2) is 9.62. The first kappa shape index (κ1) is 24.7. The molecule has 2 atom stereocenters. The minimum Gasteiger partial charge on any atom is -0.379 e. The number of aryl methyl sites for hydroxylation is 4. The predicted octanol–water partition coefficient (Wildman–Crippen LogP) is 8.23. The van der Waals surface area contributed by atoms with Crippen molar-refractivity contribution in [2.45, 2.75) is 32.6 Å². The van der Waals surface area contributed by atoms with E-state index in [1.165, 1.54) is 27.3 Å². The first-order chi connectivity index (χ1) is 18.3.